The summed E-state index contributed by atoms with van der Waals surface area (Å²) in [7, 11) is -1.27. The van der Waals surface area contributed by atoms with Gasteiger partial charge in [-0.3, -0.25) is 0 Å². The summed E-state index contributed by atoms with van der Waals surface area (Å²) in [5.74, 6) is -0.746. The lowest BCUT2D eigenvalue weighted by atomic mass is 10.1. The summed E-state index contributed by atoms with van der Waals surface area (Å²) >= 11 is 0. The molecule has 0 bridgehead atoms. The Bertz CT molecular complexity index is 173. The maximum atomic E-state index is 11.0. The highest BCUT2D eigenvalue weighted by Gasteiger charge is 2.44. The van der Waals surface area contributed by atoms with Crippen LogP contribution in [-0.4, -0.2) is 31.7 Å². The average Bonchev–Trinajstić information content (AvgIpc) is 2.05. The molecule has 1 unspecified atom stereocenters. The number of ether oxygens (including phenoxy) is 1. The molecule has 1 fully saturated rings. The minimum Gasteiger partial charge on any atom is -0.479 e. The quantitative estimate of drug-likeness (QED) is 0.659. The highest BCUT2D eigenvalue weighted by Crippen LogP contribution is 2.27. The van der Waals surface area contributed by atoms with Crippen molar-refractivity contribution in [3.8, 4) is 0 Å². The van der Waals surface area contributed by atoms with E-state index < -0.39 is 20.0 Å². The predicted octanol–water partition coefficient (Wildman–Crippen LogP) is 1.04. The Morgan fingerprint density at radius 1 is 1.50 bits per heavy atom. The lowest BCUT2D eigenvalue weighted by Crippen LogP contribution is -2.53. The standard InChI is InChI=1S/C8H16O3Si/c1-12(2)8(7(9)10)5-3-4-6-11-8/h12H,3-6H2,1-2H3,(H,9,10). The van der Waals surface area contributed by atoms with Gasteiger partial charge in [-0.25, -0.2) is 4.79 Å². The summed E-state index contributed by atoms with van der Waals surface area (Å²) in [6.07, 6.45) is 2.72. The second-order valence-corrected chi connectivity index (χ2v) is 6.90. The molecule has 0 aliphatic carbocycles. The van der Waals surface area contributed by atoms with Gasteiger partial charge in [0.05, 0.1) is 8.80 Å². The summed E-state index contributed by atoms with van der Waals surface area (Å²) in [5.41, 5.74) is 0. The smallest absolute Gasteiger partial charge is 0.331 e. The minimum absolute atomic E-state index is 0.622. The molecule has 0 aromatic carbocycles. The van der Waals surface area contributed by atoms with Crippen LogP contribution < -0.4 is 0 Å². The maximum absolute atomic E-state index is 11.0. The Morgan fingerprint density at radius 2 is 2.17 bits per heavy atom. The molecular weight excluding hydrogens is 172 g/mol. The van der Waals surface area contributed by atoms with E-state index >= 15 is 0 Å². The molecule has 1 aliphatic rings. The SMILES string of the molecule is C[SiH](C)C1(C(=O)O)CCCCO1. The average molecular weight is 188 g/mol. The largest absolute Gasteiger partial charge is 0.479 e. The molecule has 0 radical (unpaired) electrons. The summed E-state index contributed by atoms with van der Waals surface area (Å²) < 4.78 is 5.45. The molecule has 0 spiro atoms. The van der Waals surface area contributed by atoms with Crippen LogP contribution in [0.15, 0.2) is 0 Å². The van der Waals surface area contributed by atoms with E-state index in [1.165, 1.54) is 0 Å². The highest BCUT2D eigenvalue weighted by molar-refractivity contribution is 6.63. The van der Waals surface area contributed by atoms with Gasteiger partial charge < -0.3 is 9.84 Å². The minimum atomic E-state index is -1.27. The molecule has 1 rings (SSSR count). The first-order valence-electron chi connectivity index (χ1n) is 4.47. The first kappa shape index (κ1) is 9.73. The number of carbonyl (C=O) groups is 1. The van der Waals surface area contributed by atoms with Gasteiger partial charge in [0.2, 0.25) is 0 Å². The fraction of sp³-hybridized carbons (Fsp3) is 0.875. The molecule has 12 heavy (non-hydrogen) atoms. The Hall–Kier alpha value is -0.353. The summed E-state index contributed by atoms with van der Waals surface area (Å²) in [6.45, 7) is 4.70. The van der Waals surface area contributed by atoms with Crippen molar-refractivity contribution in [3.63, 3.8) is 0 Å². The zero-order chi connectivity index (χ0) is 9.19. The van der Waals surface area contributed by atoms with Crippen molar-refractivity contribution in [1.82, 2.24) is 0 Å². The van der Waals surface area contributed by atoms with Crippen molar-refractivity contribution < 1.29 is 14.6 Å². The number of carboxylic acid groups (broad SMARTS) is 1. The number of hydrogen-bond acceptors (Lipinski definition) is 2. The molecule has 70 valence electrons. The van der Waals surface area contributed by atoms with Crippen LogP contribution in [0.25, 0.3) is 0 Å². The van der Waals surface area contributed by atoms with Crippen molar-refractivity contribution in [2.24, 2.45) is 0 Å². The van der Waals surface area contributed by atoms with Gasteiger partial charge in [-0.1, -0.05) is 13.1 Å². The van der Waals surface area contributed by atoms with E-state index in [1.54, 1.807) is 0 Å². The van der Waals surface area contributed by atoms with E-state index in [1.807, 2.05) is 13.1 Å². The van der Waals surface area contributed by atoms with Crippen molar-refractivity contribution >= 4 is 14.8 Å². The van der Waals surface area contributed by atoms with Crippen LogP contribution in [0.1, 0.15) is 19.3 Å². The molecule has 1 aliphatic heterocycles. The van der Waals surface area contributed by atoms with E-state index in [0.717, 1.165) is 12.8 Å². The van der Waals surface area contributed by atoms with E-state index in [4.69, 9.17) is 9.84 Å². The number of rotatable bonds is 2. The van der Waals surface area contributed by atoms with Gasteiger partial charge >= 0.3 is 5.97 Å². The fourth-order valence-electron chi connectivity index (χ4n) is 1.69. The topological polar surface area (TPSA) is 46.5 Å². The highest BCUT2D eigenvalue weighted by atomic mass is 28.3. The Kier molecular flexibility index (Phi) is 2.90. The van der Waals surface area contributed by atoms with Gasteiger partial charge in [0.15, 0.2) is 0 Å². The number of aliphatic carboxylic acids is 1. The maximum Gasteiger partial charge on any atom is 0.331 e. The molecule has 1 heterocycles. The second kappa shape index (κ2) is 3.58. The van der Waals surface area contributed by atoms with Crippen LogP contribution in [0.3, 0.4) is 0 Å². The molecule has 0 amide bonds. The van der Waals surface area contributed by atoms with Crippen molar-refractivity contribution in [2.75, 3.05) is 6.61 Å². The summed E-state index contributed by atoms with van der Waals surface area (Å²) in [5, 5.41) is 8.30. The first-order valence-corrected chi connectivity index (χ1v) is 7.35. The zero-order valence-corrected chi connectivity index (χ0v) is 8.82. The third-order valence-corrected chi connectivity index (χ3v) is 5.16. The fourth-order valence-corrected chi connectivity index (χ4v) is 3.41. The van der Waals surface area contributed by atoms with Gasteiger partial charge in [0.1, 0.15) is 5.22 Å². The van der Waals surface area contributed by atoms with Crippen LogP contribution in [0, 0.1) is 0 Å². The van der Waals surface area contributed by atoms with Crippen molar-refractivity contribution in [2.45, 2.75) is 37.6 Å². The van der Waals surface area contributed by atoms with Gasteiger partial charge in [0, 0.05) is 6.61 Å². The first-order chi connectivity index (χ1) is 5.59. The van der Waals surface area contributed by atoms with Gasteiger partial charge in [-0.05, 0) is 19.3 Å². The molecule has 1 atom stereocenters. The van der Waals surface area contributed by atoms with Crippen molar-refractivity contribution in [1.29, 1.82) is 0 Å². The van der Waals surface area contributed by atoms with Crippen LogP contribution >= 0.6 is 0 Å². The van der Waals surface area contributed by atoms with E-state index in [9.17, 15) is 4.79 Å². The number of hydrogen-bond donors (Lipinski definition) is 1. The Balaban J connectivity index is 2.77. The lowest BCUT2D eigenvalue weighted by molar-refractivity contribution is -0.159. The molecular formula is C8H16O3Si. The van der Waals surface area contributed by atoms with Gasteiger partial charge in [-0.15, -0.1) is 0 Å². The molecule has 0 saturated carbocycles. The monoisotopic (exact) mass is 188 g/mol. The van der Waals surface area contributed by atoms with Crippen LogP contribution in [0.5, 0.6) is 0 Å². The molecule has 1 saturated heterocycles. The van der Waals surface area contributed by atoms with E-state index in [-0.39, 0.29) is 0 Å². The van der Waals surface area contributed by atoms with Crippen LogP contribution in [0.2, 0.25) is 13.1 Å². The predicted molar refractivity (Wildman–Crippen MR) is 49.0 cm³/mol. The molecule has 0 aromatic heterocycles. The Morgan fingerprint density at radius 3 is 2.42 bits per heavy atom. The van der Waals surface area contributed by atoms with Crippen LogP contribution in [0.4, 0.5) is 0 Å². The Labute approximate surface area is 74.3 Å². The molecule has 4 heteroatoms. The van der Waals surface area contributed by atoms with E-state index in [0.29, 0.717) is 13.0 Å². The van der Waals surface area contributed by atoms with Crippen molar-refractivity contribution in [3.05, 3.63) is 0 Å². The van der Waals surface area contributed by atoms with Gasteiger partial charge in [-0.2, -0.15) is 0 Å². The summed E-state index contributed by atoms with van der Waals surface area (Å²) in [6, 6.07) is 0. The normalized spacial score (nSPS) is 30.6. The molecule has 0 aromatic rings. The lowest BCUT2D eigenvalue weighted by Gasteiger charge is -2.36. The zero-order valence-electron chi connectivity index (χ0n) is 7.67. The van der Waals surface area contributed by atoms with Gasteiger partial charge in [0.25, 0.3) is 0 Å². The number of carboxylic acids is 1. The third-order valence-electron chi connectivity index (χ3n) is 2.60. The third kappa shape index (κ3) is 1.54. The molecule has 3 nitrogen and oxygen atoms in total. The molecule has 1 N–H and O–H groups in total. The summed E-state index contributed by atoms with van der Waals surface area (Å²) in [4.78, 5) is 11.0. The van der Waals surface area contributed by atoms with E-state index in [2.05, 4.69) is 0 Å². The second-order valence-electron chi connectivity index (χ2n) is 3.65. The van der Waals surface area contributed by atoms with Crippen LogP contribution in [-0.2, 0) is 9.53 Å².